The summed E-state index contributed by atoms with van der Waals surface area (Å²) in [6.45, 7) is 3.98. The van der Waals surface area contributed by atoms with Gasteiger partial charge in [-0.05, 0) is 37.0 Å². The number of aromatic nitrogens is 2. The molecular weight excluding hydrogens is 416 g/mol. The zero-order valence-electron chi connectivity index (χ0n) is 15.3. The standard InChI is InChI=1S/C20H17F2N3O2S2/c1-2-8-25-19(27)17-12-4-3-5-15(12)29-18(17)24-20(25)28-10-16(26)23-14-7-6-11(21)9-13(14)22/h2,6-7,9H,1,3-5,8,10H2,(H,23,26). The first-order valence-corrected chi connectivity index (χ1v) is 10.8. The Kier molecular flexibility index (Phi) is 5.51. The van der Waals surface area contributed by atoms with Crippen LogP contribution in [-0.4, -0.2) is 21.2 Å². The fourth-order valence-corrected chi connectivity index (χ4v) is 5.48. The zero-order chi connectivity index (χ0) is 20.5. The highest BCUT2D eigenvalue weighted by molar-refractivity contribution is 7.99. The number of carbonyl (C=O) groups excluding carboxylic acids is 1. The largest absolute Gasteiger partial charge is 0.323 e. The van der Waals surface area contributed by atoms with E-state index in [1.807, 2.05) is 0 Å². The molecule has 0 bridgehead atoms. The topological polar surface area (TPSA) is 64.0 Å². The molecule has 150 valence electrons. The molecule has 1 amide bonds. The number of fused-ring (bicyclic) bond motifs is 3. The molecule has 0 atom stereocenters. The van der Waals surface area contributed by atoms with Gasteiger partial charge in [0.05, 0.1) is 16.8 Å². The van der Waals surface area contributed by atoms with E-state index < -0.39 is 17.5 Å². The molecule has 9 heteroatoms. The van der Waals surface area contributed by atoms with Crippen LogP contribution in [0.5, 0.6) is 0 Å². The number of hydrogen-bond donors (Lipinski definition) is 1. The summed E-state index contributed by atoms with van der Waals surface area (Å²) in [7, 11) is 0. The van der Waals surface area contributed by atoms with Gasteiger partial charge in [-0.25, -0.2) is 13.8 Å². The summed E-state index contributed by atoms with van der Waals surface area (Å²) in [5.41, 5.74) is 0.877. The van der Waals surface area contributed by atoms with Gasteiger partial charge in [0.15, 0.2) is 5.16 Å². The van der Waals surface area contributed by atoms with Crippen molar-refractivity contribution in [2.24, 2.45) is 0 Å². The number of amides is 1. The van der Waals surface area contributed by atoms with Crippen LogP contribution in [0.25, 0.3) is 10.2 Å². The van der Waals surface area contributed by atoms with Gasteiger partial charge in [-0.3, -0.25) is 14.2 Å². The van der Waals surface area contributed by atoms with E-state index in [4.69, 9.17) is 0 Å². The molecule has 0 radical (unpaired) electrons. The summed E-state index contributed by atoms with van der Waals surface area (Å²) in [5.74, 6) is -2.12. The van der Waals surface area contributed by atoms with Crippen LogP contribution >= 0.6 is 23.1 Å². The van der Waals surface area contributed by atoms with Crippen molar-refractivity contribution in [3.8, 4) is 0 Å². The molecule has 3 aromatic rings. The Balaban J connectivity index is 1.58. The lowest BCUT2D eigenvalue weighted by Gasteiger charge is -2.11. The quantitative estimate of drug-likeness (QED) is 0.361. The molecule has 0 unspecified atom stereocenters. The van der Waals surface area contributed by atoms with E-state index in [2.05, 4.69) is 16.9 Å². The van der Waals surface area contributed by atoms with Crippen LogP contribution in [0.2, 0.25) is 0 Å². The third-order valence-corrected chi connectivity index (χ3v) is 6.80. The Labute approximate surface area is 173 Å². The zero-order valence-corrected chi connectivity index (χ0v) is 17.0. The van der Waals surface area contributed by atoms with Crippen molar-refractivity contribution in [3.05, 3.63) is 63.3 Å². The van der Waals surface area contributed by atoms with E-state index in [9.17, 15) is 18.4 Å². The number of thiophene rings is 1. The van der Waals surface area contributed by atoms with Crippen LogP contribution in [0, 0.1) is 11.6 Å². The smallest absolute Gasteiger partial charge is 0.263 e. The first kappa shape index (κ1) is 19.8. The second kappa shape index (κ2) is 8.08. The Hall–Kier alpha value is -2.52. The molecule has 5 nitrogen and oxygen atoms in total. The summed E-state index contributed by atoms with van der Waals surface area (Å²) in [5, 5.41) is 3.49. The van der Waals surface area contributed by atoms with Crippen molar-refractivity contribution >= 4 is 44.9 Å². The Morgan fingerprint density at radius 2 is 2.21 bits per heavy atom. The lowest BCUT2D eigenvalue weighted by atomic mass is 10.2. The number of halogens is 2. The first-order chi connectivity index (χ1) is 14.0. The molecule has 0 aliphatic heterocycles. The predicted octanol–water partition coefficient (Wildman–Crippen LogP) is 4.14. The van der Waals surface area contributed by atoms with Gasteiger partial charge in [0.25, 0.3) is 5.56 Å². The number of rotatable bonds is 6. The fourth-order valence-electron chi connectivity index (χ4n) is 3.37. The molecule has 0 saturated carbocycles. The summed E-state index contributed by atoms with van der Waals surface area (Å²) in [6, 6.07) is 2.94. The molecule has 0 fully saturated rings. The number of aryl methyl sites for hydroxylation is 2. The van der Waals surface area contributed by atoms with Crippen LogP contribution in [0.4, 0.5) is 14.5 Å². The van der Waals surface area contributed by atoms with Crippen LogP contribution in [0.3, 0.4) is 0 Å². The Morgan fingerprint density at radius 1 is 1.38 bits per heavy atom. The summed E-state index contributed by atoms with van der Waals surface area (Å²) < 4.78 is 28.2. The number of carbonyl (C=O) groups is 1. The molecule has 29 heavy (non-hydrogen) atoms. The van der Waals surface area contributed by atoms with E-state index in [0.29, 0.717) is 21.4 Å². The highest BCUT2D eigenvalue weighted by Gasteiger charge is 2.23. The van der Waals surface area contributed by atoms with Gasteiger partial charge in [0.2, 0.25) is 5.91 Å². The van der Waals surface area contributed by atoms with Crippen LogP contribution in [-0.2, 0) is 24.2 Å². The maximum Gasteiger partial charge on any atom is 0.263 e. The fraction of sp³-hybridized carbons (Fsp3) is 0.250. The molecule has 2 aromatic heterocycles. The number of hydrogen-bond acceptors (Lipinski definition) is 5. The van der Waals surface area contributed by atoms with Crippen molar-refractivity contribution in [1.82, 2.24) is 9.55 Å². The molecule has 2 heterocycles. The molecule has 1 aromatic carbocycles. The minimum atomic E-state index is -0.848. The monoisotopic (exact) mass is 433 g/mol. The average molecular weight is 434 g/mol. The number of nitrogens with one attached hydrogen (secondary N) is 1. The van der Waals surface area contributed by atoms with Gasteiger partial charge in [-0.1, -0.05) is 17.8 Å². The van der Waals surface area contributed by atoms with Gasteiger partial charge in [-0.2, -0.15) is 0 Å². The number of anilines is 1. The second-order valence-corrected chi connectivity index (χ2v) is 8.62. The summed E-state index contributed by atoms with van der Waals surface area (Å²) in [4.78, 5) is 31.8. The molecule has 0 saturated heterocycles. The van der Waals surface area contributed by atoms with Crippen LogP contribution < -0.4 is 10.9 Å². The van der Waals surface area contributed by atoms with Crippen molar-refractivity contribution in [1.29, 1.82) is 0 Å². The SMILES string of the molecule is C=CCn1c(SCC(=O)Nc2ccc(F)cc2F)nc2sc3c(c2c1=O)CCC3. The number of nitrogens with zero attached hydrogens (tertiary/aromatic N) is 2. The minimum Gasteiger partial charge on any atom is -0.323 e. The van der Waals surface area contributed by atoms with Gasteiger partial charge >= 0.3 is 0 Å². The summed E-state index contributed by atoms with van der Waals surface area (Å²) in [6.07, 6.45) is 4.51. The van der Waals surface area contributed by atoms with Gasteiger partial charge < -0.3 is 5.32 Å². The molecular formula is C20H17F2N3O2S2. The minimum absolute atomic E-state index is 0.0724. The normalized spacial score (nSPS) is 12.9. The molecule has 1 N–H and O–H groups in total. The average Bonchev–Trinajstić information content (AvgIpc) is 3.25. The molecule has 4 rings (SSSR count). The highest BCUT2D eigenvalue weighted by atomic mass is 32.2. The van der Waals surface area contributed by atoms with Crippen molar-refractivity contribution in [2.45, 2.75) is 31.0 Å². The number of allylic oxidation sites excluding steroid dienone is 1. The van der Waals surface area contributed by atoms with E-state index in [1.54, 1.807) is 6.08 Å². The van der Waals surface area contributed by atoms with Gasteiger partial charge in [0, 0.05) is 17.5 Å². The third-order valence-electron chi connectivity index (χ3n) is 4.64. The summed E-state index contributed by atoms with van der Waals surface area (Å²) >= 11 is 2.63. The molecule has 0 spiro atoms. The van der Waals surface area contributed by atoms with Crippen LogP contribution in [0.15, 0.2) is 40.8 Å². The van der Waals surface area contributed by atoms with Gasteiger partial charge in [-0.15, -0.1) is 17.9 Å². The van der Waals surface area contributed by atoms with Crippen molar-refractivity contribution < 1.29 is 13.6 Å². The maximum absolute atomic E-state index is 13.7. The number of thioether (sulfide) groups is 1. The van der Waals surface area contributed by atoms with E-state index in [0.717, 1.165) is 42.7 Å². The highest BCUT2D eigenvalue weighted by Crippen LogP contribution is 2.35. The Bertz CT molecular complexity index is 1190. The molecule has 1 aliphatic rings. The van der Waals surface area contributed by atoms with Gasteiger partial charge in [0.1, 0.15) is 16.5 Å². The van der Waals surface area contributed by atoms with Crippen molar-refractivity contribution in [2.75, 3.05) is 11.1 Å². The third kappa shape index (κ3) is 3.84. The predicted molar refractivity (Wildman–Crippen MR) is 112 cm³/mol. The lowest BCUT2D eigenvalue weighted by molar-refractivity contribution is -0.113. The lowest BCUT2D eigenvalue weighted by Crippen LogP contribution is -2.24. The second-order valence-electron chi connectivity index (χ2n) is 6.60. The van der Waals surface area contributed by atoms with E-state index in [1.165, 1.54) is 26.8 Å². The van der Waals surface area contributed by atoms with Crippen LogP contribution in [0.1, 0.15) is 16.9 Å². The maximum atomic E-state index is 13.7. The molecule has 1 aliphatic carbocycles. The van der Waals surface area contributed by atoms with Crippen molar-refractivity contribution in [3.63, 3.8) is 0 Å². The Morgan fingerprint density at radius 3 is 2.97 bits per heavy atom. The number of benzene rings is 1. The first-order valence-electron chi connectivity index (χ1n) is 9.01. The van der Waals surface area contributed by atoms with E-state index >= 15 is 0 Å². The van der Waals surface area contributed by atoms with E-state index in [-0.39, 0.29) is 23.5 Å².